The maximum Gasteiger partial charge on any atom is 0.235 e. The third-order valence-electron chi connectivity index (χ3n) is 2.95. The molecule has 1 aromatic heterocycles. The number of anilines is 1. The molecule has 1 fully saturated rings. The minimum atomic E-state index is -3.65. The van der Waals surface area contributed by atoms with Gasteiger partial charge in [0.2, 0.25) is 10.0 Å². The Hall–Kier alpha value is -0.860. The van der Waals surface area contributed by atoms with Crippen LogP contribution in [0.3, 0.4) is 0 Å². The zero-order chi connectivity index (χ0) is 14.1. The molecule has 9 heteroatoms. The number of hydrogen-bond donors (Lipinski definition) is 1. The van der Waals surface area contributed by atoms with E-state index >= 15 is 0 Å². The van der Waals surface area contributed by atoms with Crippen molar-refractivity contribution in [2.75, 3.05) is 16.2 Å². The molecular formula is C10H13ClN2O4S2. The lowest BCUT2D eigenvalue weighted by molar-refractivity contribution is 0.555. The van der Waals surface area contributed by atoms with Gasteiger partial charge in [-0.15, -0.1) is 0 Å². The van der Waals surface area contributed by atoms with Gasteiger partial charge >= 0.3 is 0 Å². The lowest BCUT2D eigenvalue weighted by atomic mass is 10.2. The van der Waals surface area contributed by atoms with Gasteiger partial charge in [0.25, 0.3) is 0 Å². The molecule has 19 heavy (non-hydrogen) atoms. The normalized spacial score (nSPS) is 20.1. The summed E-state index contributed by atoms with van der Waals surface area (Å²) in [7, 11) is -6.74. The molecule has 0 atom stereocenters. The summed E-state index contributed by atoms with van der Waals surface area (Å²) >= 11 is 5.78. The van der Waals surface area contributed by atoms with E-state index in [2.05, 4.69) is 9.71 Å². The van der Waals surface area contributed by atoms with Gasteiger partial charge in [-0.1, -0.05) is 11.6 Å². The van der Waals surface area contributed by atoms with Crippen LogP contribution in [-0.2, 0) is 19.9 Å². The first kappa shape index (κ1) is 14.5. The number of nitrogens with zero attached hydrogens (tertiary/aromatic N) is 1. The minimum absolute atomic E-state index is 0.0644. The van der Waals surface area contributed by atoms with Crippen LogP contribution in [0.5, 0.6) is 0 Å². The Bertz CT molecular complexity index is 659. The number of sulfone groups is 1. The quantitative estimate of drug-likeness (QED) is 0.839. The fourth-order valence-electron chi connectivity index (χ4n) is 1.88. The Morgan fingerprint density at radius 3 is 2.53 bits per heavy atom. The van der Waals surface area contributed by atoms with Crippen LogP contribution in [0.15, 0.2) is 18.3 Å². The molecule has 106 valence electrons. The first-order valence-corrected chi connectivity index (χ1v) is 9.37. The zero-order valence-corrected chi connectivity index (χ0v) is 12.3. The molecule has 1 N–H and O–H groups in total. The van der Waals surface area contributed by atoms with E-state index in [1.165, 1.54) is 12.3 Å². The average molecular weight is 325 g/mol. The monoisotopic (exact) mass is 324 g/mol. The van der Waals surface area contributed by atoms with Gasteiger partial charge in [0.15, 0.2) is 5.15 Å². The summed E-state index contributed by atoms with van der Waals surface area (Å²) in [5, 5.41) is -0.651. The van der Waals surface area contributed by atoms with Crippen LogP contribution in [-0.4, -0.2) is 38.6 Å². The Morgan fingerprint density at radius 2 is 1.95 bits per heavy atom. The predicted molar refractivity (Wildman–Crippen MR) is 73.5 cm³/mol. The molecule has 1 aromatic rings. The van der Waals surface area contributed by atoms with E-state index in [9.17, 15) is 16.8 Å². The lowest BCUT2D eigenvalue weighted by Gasteiger charge is -2.22. The Labute approximate surface area is 117 Å². The summed E-state index contributed by atoms with van der Waals surface area (Å²) in [5.74, 6) is -0.196. The van der Waals surface area contributed by atoms with Crippen LogP contribution in [0.2, 0.25) is 5.15 Å². The van der Waals surface area contributed by atoms with Crippen LogP contribution in [0.1, 0.15) is 12.8 Å². The molecule has 0 unspecified atom stereocenters. The van der Waals surface area contributed by atoms with Crippen LogP contribution < -0.4 is 4.72 Å². The summed E-state index contributed by atoms with van der Waals surface area (Å²) in [6, 6.07) is 3.07. The zero-order valence-electron chi connectivity index (χ0n) is 9.91. The molecule has 0 aromatic carbocycles. The first-order valence-electron chi connectivity index (χ1n) is 5.63. The van der Waals surface area contributed by atoms with E-state index in [-0.39, 0.29) is 35.2 Å². The third-order valence-corrected chi connectivity index (χ3v) is 6.82. The van der Waals surface area contributed by atoms with E-state index in [0.717, 1.165) is 0 Å². The largest absolute Gasteiger partial charge is 0.280 e. The van der Waals surface area contributed by atoms with Gasteiger partial charge in [-0.25, -0.2) is 21.8 Å². The number of halogens is 1. The van der Waals surface area contributed by atoms with Crippen molar-refractivity contribution in [2.45, 2.75) is 18.1 Å². The van der Waals surface area contributed by atoms with E-state index < -0.39 is 25.1 Å². The molecule has 0 saturated carbocycles. The second-order valence-electron chi connectivity index (χ2n) is 4.34. The summed E-state index contributed by atoms with van der Waals surface area (Å²) in [6.45, 7) is 0. The Balaban J connectivity index is 2.14. The third kappa shape index (κ3) is 3.58. The molecule has 1 aliphatic rings. The number of pyridine rings is 1. The maximum atomic E-state index is 12.1. The van der Waals surface area contributed by atoms with E-state index in [4.69, 9.17) is 11.6 Å². The predicted octanol–water partition coefficient (Wildman–Crippen LogP) is 1.05. The van der Waals surface area contributed by atoms with Crippen LogP contribution >= 0.6 is 11.6 Å². The van der Waals surface area contributed by atoms with Crippen molar-refractivity contribution >= 4 is 37.1 Å². The van der Waals surface area contributed by atoms with Crippen molar-refractivity contribution in [3.63, 3.8) is 0 Å². The van der Waals surface area contributed by atoms with Crippen LogP contribution in [0.25, 0.3) is 0 Å². The second kappa shape index (κ2) is 5.26. The topological polar surface area (TPSA) is 93.2 Å². The fraction of sp³-hybridized carbons (Fsp3) is 0.500. The molecule has 2 rings (SSSR count). The molecular weight excluding hydrogens is 312 g/mol. The van der Waals surface area contributed by atoms with Gasteiger partial charge in [0, 0.05) is 6.20 Å². The van der Waals surface area contributed by atoms with Crippen molar-refractivity contribution < 1.29 is 16.8 Å². The summed E-state index contributed by atoms with van der Waals surface area (Å²) in [5.41, 5.74) is 0.206. The lowest BCUT2D eigenvalue weighted by Crippen LogP contribution is -2.36. The molecule has 0 amide bonds. The second-order valence-corrected chi connectivity index (χ2v) is 8.96. The van der Waals surface area contributed by atoms with Gasteiger partial charge in [-0.3, -0.25) is 4.72 Å². The number of aromatic nitrogens is 1. The standard InChI is InChI=1S/C10H13ClN2O4S2/c11-10-9(2-1-5-12-10)13-19(16,17)8-3-6-18(14,15)7-4-8/h1-2,5,8,13H,3-4,6-7H2. The highest BCUT2D eigenvalue weighted by Gasteiger charge is 2.33. The SMILES string of the molecule is O=S1(=O)CCC(S(=O)(=O)Nc2cccnc2Cl)CC1. The highest BCUT2D eigenvalue weighted by molar-refractivity contribution is 7.94. The van der Waals surface area contributed by atoms with Crippen LogP contribution in [0.4, 0.5) is 5.69 Å². The summed E-state index contributed by atoms with van der Waals surface area (Å²) < 4.78 is 49.2. The number of rotatable bonds is 3. The first-order chi connectivity index (χ1) is 8.80. The molecule has 6 nitrogen and oxygen atoms in total. The van der Waals surface area contributed by atoms with Gasteiger partial charge in [0.1, 0.15) is 9.84 Å². The summed E-state index contributed by atoms with van der Waals surface area (Å²) in [6.07, 6.45) is 1.67. The molecule has 1 aliphatic heterocycles. The highest BCUT2D eigenvalue weighted by Crippen LogP contribution is 2.24. The maximum absolute atomic E-state index is 12.1. The molecule has 0 aliphatic carbocycles. The Morgan fingerprint density at radius 1 is 1.32 bits per heavy atom. The number of nitrogens with one attached hydrogen (secondary N) is 1. The molecule has 0 spiro atoms. The highest BCUT2D eigenvalue weighted by atomic mass is 35.5. The average Bonchev–Trinajstić information content (AvgIpc) is 2.31. The molecule has 2 heterocycles. The minimum Gasteiger partial charge on any atom is -0.280 e. The van der Waals surface area contributed by atoms with Crippen LogP contribution in [0, 0.1) is 0 Å². The van der Waals surface area contributed by atoms with Crippen molar-refractivity contribution in [2.24, 2.45) is 0 Å². The van der Waals surface area contributed by atoms with E-state index in [0.29, 0.717) is 0 Å². The van der Waals surface area contributed by atoms with Crippen molar-refractivity contribution in [1.29, 1.82) is 0 Å². The van der Waals surface area contributed by atoms with Crippen molar-refractivity contribution in [3.05, 3.63) is 23.5 Å². The van der Waals surface area contributed by atoms with Gasteiger partial charge < -0.3 is 0 Å². The number of sulfonamides is 1. The Kier molecular flexibility index (Phi) is 4.03. The van der Waals surface area contributed by atoms with E-state index in [1.807, 2.05) is 0 Å². The molecule has 0 bridgehead atoms. The van der Waals surface area contributed by atoms with Gasteiger partial charge in [-0.2, -0.15) is 0 Å². The fourth-order valence-corrected chi connectivity index (χ4v) is 5.38. The smallest absolute Gasteiger partial charge is 0.235 e. The van der Waals surface area contributed by atoms with Crippen molar-refractivity contribution in [1.82, 2.24) is 4.98 Å². The summed E-state index contributed by atoms with van der Waals surface area (Å²) in [4.78, 5) is 3.77. The number of hydrogen-bond acceptors (Lipinski definition) is 5. The molecule has 1 saturated heterocycles. The van der Waals surface area contributed by atoms with Gasteiger partial charge in [0.05, 0.1) is 22.4 Å². The van der Waals surface area contributed by atoms with Crippen molar-refractivity contribution in [3.8, 4) is 0 Å². The van der Waals surface area contributed by atoms with Gasteiger partial charge in [-0.05, 0) is 25.0 Å². The van der Waals surface area contributed by atoms with E-state index in [1.54, 1.807) is 6.07 Å². The molecule has 0 radical (unpaired) electrons.